The zero-order chi connectivity index (χ0) is 15.6. The number of carboxylic acid groups (broad SMARTS) is 1. The molecule has 0 amide bonds. The van der Waals surface area contributed by atoms with Crippen LogP contribution in [0.1, 0.15) is 90.9 Å². The van der Waals surface area contributed by atoms with Crippen LogP contribution in [-0.4, -0.2) is 16.6 Å². The monoisotopic (exact) mass is 304 g/mol. The fourth-order valence-electron chi connectivity index (χ4n) is 1.96. The van der Waals surface area contributed by atoms with E-state index >= 15 is 0 Å². The Morgan fingerprint density at radius 3 is 1.40 bits per heavy atom. The molecule has 0 aliphatic rings. The Balaban J connectivity index is 0. The van der Waals surface area contributed by atoms with Gasteiger partial charge in [0.1, 0.15) is 5.52 Å². The van der Waals surface area contributed by atoms with Crippen LogP contribution >= 0.6 is 9.24 Å². The smallest absolute Gasteiger partial charge is 0.300 e. The van der Waals surface area contributed by atoms with E-state index in [1.54, 1.807) is 0 Å². The fraction of sp³-hybridized carbons (Fsp3) is 0.875. The van der Waals surface area contributed by atoms with Crippen molar-refractivity contribution < 1.29 is 14.7 Å². The molecule has 0 spiro atoms. The van der Waals surface area contributed by atoms with Gasteiger partial charge in [-0.2, -0.15) is 0 Å². The Morgan fingerprint density at radius 1 is 0.800 bits per heavy atom. The van der Waals surface area contributed by atoms with Crippen molar-refractivity contribution in [3.05, 3.63) is 0 Å². The van der Waals surface area contributed by atoms with Gasteiger partial charge in [0.15, 0.2) is 0 Å². The van der Waals surface area contributed by atoms with Crippen molar-refractivity contribution in [2.45, 2.75) is 90.9 Å². The van der Waals surface area contributed by atoms with Gasteiger partial charge in [0.05, 0.1) is 0 Å². The van der Waals surface area contributed by atoms with E-state index in [1.807, 2.05) is 0 Å². The molecule has 4 heteroatoms. The second-order valence-electron chi connectivity index (χ2n) is 5.27. The number of carbonyl (C=O) groups is 2. The van der Waals surface area contributed by atoms with Crippen LogP contribution in [0.4, 0.5) is 0 Å². The van der Waals surface area contributed by atoms with E-state index < -0.39 is 5.97 Å². The maximum atomic E-state index is 10.7. The minimum absolute atomic E-state index is 0.260. The van der Waals surface area contributed by atoms with Crippen LogP contribution in [0.3, 0.4) is 0 Å². The van der Waals surface area contributed by atoms with Crippen LogP contribution in [0, 0.1) is 0 Å². The first-order valence-corrected chi connectivity index (χ1v) is 8.56. The molecule has 0 saturated carbocycles. The van der Waals surface area contributed by atoms with Gasteiger partial charge in [0, 0.05) is 13.3 Å². The summed E-state index contributed by atoms with van der Waals surface area (Å²) in [5, 5.41) is 7.42. The van der Waals surface area contributed by atoms with Gasteiger partial charge in [-0.25, -0.2) is 0 Å². The molecule has 3 nitrogen and oxygen atoms in total. The molecule has 0 aliphatic carbocycles. The Morgan fingerprint density at radius 2 is 1.10 bits per heavy atom. The third-order valence-corrected chi connectivity index (χ3v) is 3.32. The molecule has 0 aliphatic heterocycles. The molecule has 0 aromatic rings. The maximum Gasteiger partial charge on any atom is 0.300 e. The van der Waals surface area contributed by atoms with E-state index in [2.05, 4.69) is 16.2 Å². The SMILES string of the molecule is CC(=O)O.CCCCCCCCCCCCCC(=O)P. The summed E-state index contributed by atoms with van der Waals surface area (Å²) in [6.45, 7) is 3.35. The van der Waals surface area contributed by atoms with E-state index in [9.17, 15) is 4.79 Å². The lowest BCUT2D eigenvalue weighted by atomic mass is 10.1. The van der Waals surface area contributed by atoms with Crippen molar-refractivity contribution in [2.24, 2.45) is 0 Å². The lowest BCUT2D eigenvalue weighted by Crippen LogP contribution is -1.86. The molecule has 1 atom stereocenters. The highest BCUT2D eigenvalue weighted by Gasteiger charge is 1.95. The molecule has 120 valence electrons. The summed E-state index contributed by atoms with van der Waals surface area (Å²) < 4.78 is 0. The van der Waals surface area contributed by atoms with Crippen molar-refractivity contribution in [2.75, 3.05) is 0 Å². The molecule has 1 unspecified atom stereocenters. The molecule has 0 saturated heterocycles. The summed E-state index contributed by atoms with van der Waals surface area (Å²) in [4.78, 5) is 19.7. The van der Waals surface area contributed by atoms with Crippen molar-refractivity contribution in [1.29, 1.82) is 0 Å². The van der Waals surface area contributed by atoms with Crippen LogP contribution in [0.5, 0.6) is 0 Å². The van der Waals surface area contributed by atoms with E-state index in [-0.39, 0.29) is 5.52 Å². The van der Waals surface area contributed by atoms with Gasteiger partial charge < -0.3 is 5.11 Å². The molecule has 0 aromatic carbocycles. The molecule has 0 aromatic heterocycles. The van der Waals surface area contributed by atoms with Gasteiger partial charge in [-0.3, -0.25) is 9.59 Å². The highest BCUT2D eigenvalue weighted by molar-refractivity contribution is 7.40. The third kappa shape index (κ3) is 30.5. The summed E-state index contributed by atoms with van der Waals surface area (Å²) in [5.41, 5.74) is 0.260. The predicted molar refractivity (Wildman–Crippen MR) is 89.1 cm³/mol. The van der Waals surface area contributed by atoms with E-state index in [4.69, 9.17) is 9.90 Å². The summed E-state index contributed by atoms with van der Waals surface area (Å²) in [5.74, 6) is -0.833. The molecular formula is C16H33O3P. The molecule has 0 radical (unpaired) electrons. The van der Waals surface area contributed by atoms with Crippen LogP contribution < -0.4 is 0 Å². The number of hydrogen-bond donors (Lipinski definition) is 1. The van der Waals surface area contributed by atoms with Gasteiger partial charge in [-0.15, -0.1) is 0 Å². The summed E-state index contributed by atoms with van der Waals surface area (Å²) in [6, 6.07) is 0. The molecule has 1 N–H and O–H groups in total. The minimum Gasteiger partial charge on any atom is -0.481 e. The zero-order valence-corrected chi connectivity index (χ0v) is 14.5. The topological polar surface area (TPSA) is 54.4 Å². The number of unbranched alkanes of at least 4 members (excludes halogenated alkanes) is 10. The first-order valence-electron chi connectivity index (χ1n) is 7.98. The van der Waals surface area contributed by atoms with Crippen molar-refractivity contribution >= 4 is 20.7 Å². The lowest BCUT2D eigenvalue weighted by Gasteiger charge is -2.01. The summed E-state index contributed by atoms with van der Waals surface area (Å²) in [6.07, 6.45) is 15.6. The van der Waals surface area contributed by atoms with Crippen LogP contribution in [0.2, 0.25) is 0 Å². The standard InChI is InChI=1S/C14H29OP.C2H4O2/c1-2-3-4-5-6-7-8-9-10-11-12-13-14(15)16;1-2(3)4/h2-13,16H2,1H3;1H3,(H,3,4). The Bertz CT molecular complexity index is 226. The number of carboxylic acids is 1. The van der Waals surface area contributed by atoms with E-state index in [0.717, 1.165) is 19.8 Å². The molecule has 0 fully saturated rings. The van der Waals surface area contributed by atoms with Crippen LogP contribution in [0.15, 0.2) is 0 Å². The summed E-state index contributed by atoms with van der Waals surface area (Å²) >= 11 is 0. The molecule has 0 heterocycles. The van der Waals surface area contributed by atoms with E-state index in [0.29, 0.717) is 0 Å². The average Bonchev–Trinajstić information content (AvgIpc) is 2.35. The second-order valence-corrected chi connectivity index (χ2v) is 5.91. The quantitative estimate of drug-likeness (QED) is 0.399. The van der Waals surface area contributed by atoms with Crippen molar-refractivity contribution in [1.82, 2.24) is 0 Å². The predicted octanol–water partition coefficient (Wildman–Crippen LogP) is 5.18. The molecule has 20 heavy (non-hydrogen) atoms. The maximum absolute atomic E-state index is 10.7. The van der Waals surface area contributed by atoms with Gasteiger partial charge in [-0.1, -0.05) is 80.4 Å². The number of carbonyl (C=O) groups excluding carboxylic acids is 1. The molecule has 0 rings (SSSR count). The number of aliphatic carboxylic acids is 1. The number of rotatable bonds is 12. The first-order chi connectivity index (χ1) is 9.50. The van der Waals surface area contributed by atoms with E-state index in [1.165, 1.54) is 64.2 Å². The van der Waals surface area contributed by atoms with Gasteiger partial charge in [-0.05, 0) is 6.42 Å². The Labute approximate surface area is 127 Å². The largest absolute Gasteiger partial charge is 0.481 e. The van der Waals surface area contributed by atoms with Crippen molar-refractivity contribution in [3.63, 3.8) is 0 Å². The van der Waals surface area contributed by atoms with Gasteiger partial charge in [0.2, 0.25) is 0 Å². The zero-order valence-electron chi connectivity index (χ0n) is 13.3. The number of hydrogen-bond acceptors (Lipinski definition) is 2. The second kappa shape index (κ2) is 18.6. The van der Waals surface area contributed by atoms with Crippen molar-refractivity contribution in [3.8, 4) is 0 Å². The fourth-order valence-corrected chi connectivity index (χ4v) is 2.17. The van der Waals surface area contributed by atoms with Gasteiger partial charge in [0.25, 0.3) is 5.97 Å². The Hall–Kier alpha value is -0.430. The molecular weight excluding hydrogens is 271 g/mol. The minimum atomic E-state index is -0.833. The highest BCUT2D eigenvalue weighted by atomic mass is 31.0. The average molecular weight is 304 g/mol. The van der Waals surface area contributed by atoms with Crippen LogP contribution in [0.25, 0.3) is 0 Å². The third-order valence-electron chi connectivity index (χ3n) is 3.03. The molecule has 0 bridgehead atoms. The van der Waals surface area contributed by atoms with Crippen LogP contribution in [-0.2, 0) is 9.59 Å². The van der Waals surface area contributed by atoms with Gasteiger partial charge >= 0.3 is 0 Å². The lowest BCUT2D eigenvalue weighted by molar-refractivity contribution is -0.134. The Kier molecular flexibility index (Phi) is 20.3. The first kappa shape index (κ1) is 21.9. The summed E-state index contributed by atoms with van der Waals surface area (Å²) in [7, 11) is 2.25. The normalized spacial score (nSPS) is 9.75. The highest BCUT2D eigenvalue weighted by Crippen LogP contribution is 2.12.